The average molecular weight is 240 g/mol. The number of hydrogen-bond acceptors (Lipinski definition) is 4. The summed E-state index contributed by atoms with van der Waals surface area (Å²) >= 11 is 0. The number of pyridine rings is 2. The monoisotopic (exact) mass is 240 g/mol. The predicted octanol–water partition coefficient (Wildman–Crippen LogP) is 1.73. The largest absolute Gasteiger partial charge is 0.364 e. The van der Waals surface area contributed by atoms with E-state index in [9.17, 15) is 0 Å². The number of rotatable bonds is 3. The first-order chi connectivity index (χ1) is 8.92. The fourth-order valence-corrected chi connectivity index (χ4v) is 2.12. The van der Waals surface area contributed by atoms with Crippen molar-refractivity contribution in [1.82, 2.24) is 15.3 Å². The minimum atomic E-state index is 0.713. The molecule has 0 unspecified atom stereocenters. The highest BCUT2D eigenvalue weighted by Gasteiger charge is 2.10. The molecule has 4 nitrogen and oxygen atoms in total. The molecular formula is C14H16N4. The van der Waals surface area contributed by atoms with Crippen LogP contribution in [0.15, 0.2) is 36.5 Å². The lowest BCUT2D eigenvalue weighted by Crippen LogP contribution is -2.24. The van der Waals surface area contributed by atoms with E-state index in [2.05, 4.69) is 26.7 Å². The van der Waals surface area contributed by atoms with Crippen LogP contribution in [0, 0.1) is 0 Å². The van der Waals surface area contributed by atoms with Crippen LogP contribution in [0.3, 0.4) is 0 Å². The van der Waals surface area contributed by atoms with Crippen LogP contribution in [0.25, 0.3) is 0 Å². The van der Waals surface area contributed by atoms with Gasteiger partial charge in [0.25, 0.3) is 0 Å². The van der Waals surface area contributed by atoms with Gasteiger partial charge in [0.05, 0.1) is 12.2 Å². The minimum absolute atomic E-state index is 0.713. The molecule has 3 heterocycles. The molecule has 2 N–H and O–H groups in total. The van der Waals surface area contributed by atoms with Gasteiger partial charge in [0.2, 0.25) is 0 Å². The maximum Gasteiger partial charge on any atom is 0.126 e. The van der Waals surface area contributed by atoms with Gasteiger partial charge in [-0.05, 0) is 23.8 Å². The fraction of sp³-hybridized carbons (Fsp3) is 0.286. The zero-order valence-corrected chi connectivity index (χ0v) is 10.2. The van der Waals surface area contributed by atoms with Gasteiger partial charge < -0.3 is 10.6 Å². The third kappa shape index (κ3) is 2.49. The Balaban J connectivity index is 1.70. The molecule has 0 aliphatic carbocycles. The second-order valence-corrected chi connectivity index (χ2v) is 4.40. The third-order valence-corrected chi connectivity index (χ3v) is 3.10. The van der Waals surface area contributed by atoms with Crippen molar-refractivity contribution >= 4 is 5.82 Å². The van der Waals surface area contributed by atoms with Gasteiger partial charge in [0, 0.05) is 31.4 Å². The summed E-state index contributed by atoms with van der Waals surface area (Å²) in [7, 11) is 0. The van der Waals surface area contributed by atoms with Gasteiger partial charge in [-0.25, -0.2) is 4.98 Å². The molecule has 3 rings (SSSR count). The lowest BCUT2D eigenvalue weighted by atomic mass is 10.1. The van der Waals surface area contributed by atoms with Crippen LogP contribution in [-0.4, -0.2) is 16.5 Å². The Hall–Kier alpha value is -1.94. The average Bonchev–Trinajstić information content (AvgIpc) is 2.46. The topological polar surface area (TPSA) is 49.8 Å². The van der Waals surface area contributed by atoms with Crippen LogP contribution in [0.5, 0.6) is 0 Å². The van der Waals surface area contributed by atoms with Crippen molar-refractivity contribution in [3.05, 3.63) is 53.5 Å². The molecule has 0 saturated heterocycles. The zero-order valence-electron chi connectivity index (χ0n) is 10.2. The van der Waals surface area contributed by atoms with Gasteiger partial charge in [0.1, 0.15) is 5.82 Å². The van der Waals surface area contributed by atoms with Gasteiger partial charge in [-0.15, -0.1) is 0 Å². The Morgan fingerprint density at radius 1 is 1.22 bits per heavy atom. The molecule has 0 aromatic carbocycles. The summed E-state index contributed by atoms with van der Waals surface area (Å²) in [5.41, 5.74) is 3.54. The predicted molar refractivity (Wildman–Crippen MR) is 71.2 cm³/mol. The van der Waals surface area contributed by atoms with Gasteiger partial charge in [-0.1, -0.05) is 12.1 Å². The molecule has 18 heavy (non-hydrogen) atoms. The highest BCUT2D eigenvalue weighted by Crippen LogP contribution is 2.15. The van der Waals surface area contributed by atoms with E-state index in [0.717, 1.165) is 31.0 Å². The Bertz CT molecular complexity index is 525. The number of fused-ring (bicyclic) bond motifs is 1. The van der Waals surface area contributed by atoms with Crippen molar-refractivity contribution in [2.24, 2.45) is 0 Å². The van der Waals surface area contributed by atoms with E-state index in [1.807, 2.05) is 30.5 Å². The molecular weight excluding hydrogens is 224 g/mol. The molecule has 0 fully saturated rings. The fourth-order valence-electron chi connectivity index (χ4n) is 2.12. The quantitative estimate of drug-likeness (QED) is 0.858. The molecule has 2 aromatic rings. The lowest BCUT2D eigenvalue weighted by Gasteiger charge is -2.17. The first-order valence-corrected chi connectivity index (χ1v) is 6.25. The summed E-state index contributed by atoms with van der Waals surface area (Å²) in [4.78, 5) is 8.93. The van der Waals surface area contributed by atoms with Gasteiger partial charge in [-0.2, -0.15) is 0 Å². The van der Waals surface area contributed by atoms with Crippen molar-refractivity contribution in [2.45, 2.75) is 19.5 Å². The molecule has 0 saturated carbocycles. The first kappa shape index (κ1) is 11.2. The molecule has 4 heteroatoms. The second-order valence-electron chi connectivity index (χ2n) is 4.40. The van der Waals surface area contributed by atoms with Crippen LogP contribution >= 0.6 is 0 Å². The smallest absolute Gasteiger partial charge is 0.126 e. The van der Waals surface area contributed by atoms with E-state index in [4.69, 9.17) is 0 Å². The van der Waals surface area contributed by atoms with Gasteiger partial charge >= 0.3 is 0 Å². The van der Waals surface area contributed by atoms with E-state index in [1.54, 1.807) is 0 Å². The summed E-state index contributed by atoms with van der Waals surface area (Å²) in [6.45, 7) is 2.66. The molecule has 92 valence electrons. The van der Waals surface area contributed by atoms with Gasteiger partial charge in [0.15, 0.2) is 0 Å². The van der Waals surface area contributed by atoms with Gasteiger partial charge in [-0.3, -0.25) is 4.98 Å². The van der Waals surface area contributed by atoms with E-state index in [-0.39, 0.29) is 0 Å². The Morgan fingerprint density at radius 2 is 2.22 bits per heavy atom. The maximum absolute atomic E-state index is 4.65. The molecule has 2 aromatic heterocycles. The SMILES string of the molecule is c1ccc(CNc2ccc3c(n2)CCNC3)nc1. The van der Waals surface area contributed by atoms with E-state index in [0.29, 0.717) is 6.54 Å². The molecule has 1 aliphatic rings. The van der Waals surface area contributed by atoms with Crippen LogP contribution in [0.2, 0.25) is 0 Å². The number of anilines is 1. The van der Waals surface area contributed by atoms with E-state index in [1.165, 1.54) is 11.3 Å². The molecule has 0 amide bonds. The minimum Gasteiger partial charge on any atom is -0.364 e. The van der Waals surface area contributed by atoms with Crippen LogP contribution in [0.1, 0.15) is 17.0 Å². The molecule has 0 spiro atoms. The van der Waals surface area contributed by atoms with Crippen LogP contribution < -0.4 is 10.6 Å². The number of nitrogens with zero attached hydrogens (tertiary/aromatic N) is 2. The normalized spacial score (nSPS) is 14.0. The summed E-state index contributed by atoms with van der Waals surface area (Å²) < 4.78 is 0. The molecule has 1 aliphatic heterocycles. The Labute approximate surface area is 106 Å². The number of aromatic nitrogens is 2. The van der Waals surface area contributed by atoms with E-state index < -0.39 is 0 Å². The van der Waals surface area contributed by atoms with Crippen molar-refractivity contribution in [3.63, 3.8) is 0 Å². The lowest BCUT2D eigenvalue weighted by molar-refractivity contribution is 0.630. The summed E-state index contributed by atoms with van der Waals surface area (Å²) in [6, 6.07) is 10.1. The Morgan fingerprint density at radius 3 is 3.11 bits per heavy atom. The second kappa shape index (κ2) is 5.14. The molecule has 0 atom stereocenters. The van der Waals surface area contributed by atoms with Crippen molar-refractivity contribution in [3.8, 4) is 0 Å². The van der Waals surface area contributed by atoms with E-state index >= 15 is 0 Å². The summed E-state index contributed by atoms with van der Waals surface area (Å²) in [5.74, 6) is 0.932. The third-order valence-electron chi connectivity index (χ3n) is 3.10. The number of hydrogen-bond donors (Lipinski definition) is 2. The summed E-state index contributed by atoms with van der Waals surface area (Å²) in [6.07, 6.45) is 2.82. The zero-order chi connectivity index (χ0) is 12.2. The van der Waals surface area contributed by atoms with Crippen molar-refractivity contribution < 1.29 is 0 Å². The number of nitrogens with one attached hydrogen (secondary N) is 2. The highest BCUT2D eigenvalue weighted by atomic mass is 15.0. The van der Waals surface area contributed by atoms with Crippen LogP contribution in [0.4, 0.5) is 5.82 Å². The summed E-state index contributed by atoms with van der Waals surface area (Å²) in [5, 5.41) is 6.66. The maximum atomic E-state index is 4.65. The van der Waals surface area contributed by atoms with Crippen molar-refractivity contribution in [1.29, 1.82) is 0 Å². The van der Waals surface area contributed by atoms with Crippen LogP contribution in [-0.2, 0) is 19.5 Å². The first-order valence-electron chi connectivity index (χ1n) is 6.25. The molecule has 0 radical (unpaired) electrons. The Kier molecular flexibility index (Phi) is 3.19. The molecule has 0 bridgehead atoms. The van der Waals surface area contributed by atoms with Crippen molar-refractivity contribution in [2.75, 3.05) is 11.9 Å². The highest BCUT2D eigenvalue weighted by molar-refractivity contribution is 5.40. The standard InChI is InChI=1S/C14H16N4/c1-2-7-16-12(3-1)10-17-14-5-4-11-9-15-8-6-13(11)18-14/h1-5,7,15H,6,8-10H2,(H,17,18).